The van der Waals surface area contributed by atoms with Gasteiger partial charge in [0.05, 0.1) is 12.2 Å². The van der Waals surface area contributed by atoms with Gasteiger partial charge in [-0.05, 0) is 24.8 Å². The zero-order chi connectivity index (χ0) is 16.9. The van der Waals surface area contributed by atoms with Crippen molar-refractivity contribution in [2.75, 3.05) is 13.1 Å². The van der Waals surface area contributed by atoms with Crippen molar-refractivity contribution >= 4 is 5.91 Å². The van der Waals surface area contributed by atoms with E-state index in [9.17, 15) is 4.79 Å². The Labute approximate surface area is 143 Å². The second kappa shape index (κ2) is 7.62. The van der Waals surface area contributed by atoms with Crippen molar-refractivity contribution in [3.05, 3.63) is 42.2 Å². The van der Waals surface area contributed by atoms with Gasteiger partial charge in [0.25, 0.3) is 0 Å². The average molecular weight is 326 g/mol. The minimum absolute atomic E-state index is 0.100. The molecule has 128 valence electrons. The van der Waals surface area contributed by atoms with Gasteiger partial charge in [0.15, 0.2) is 0 Å². The van der Waals surface area contributed by atoms with Crippen LogP contribution in [-0.2, 0) is 4.79 Å². The predicted octanol–water partition coefficient (Wildman–Crippen LogP) is 2.91. The van der Waals surface area contributed by atoms with Gasteiger partial charge in [-0.1, -0.05) is 43.7 Å². The number of carbonyl (C=O) groups is 1. The molecule has 1 atom stereocenters. The molecule has 0 spiro atoms. The van der Waals surface area contributed by atoms with Crippen LogP contribution in [0.25, 0.3) is 11.1 Å². The summed E-state index contributed by atoms with van der Waals surface area (Å²) in [6, 6.07) is 9.98. The lowest BCUT2D eigenvalue weighted by Crippen LogP contribution is -2.46. The fraction of sp³-hybridized carbons (Fsp3) is 0.474. The number of nitrogens with zero attached hydrogens (tertiary/aromatic N) is 2. The third kappa shape index (κ3) is 3.51. The second-order valence-corrected chi connectivity index (χ2v) is 6.56. The molecule has 2 heterocycles. The van der Waals surface area contributed by atoms with Crippen molar-refractivity contribution in [1.82, 2.24) is 15.1 Å². The Kier molecular flexibility index (Phi) is 5.30. The minimum atomic E-state index is -0.349. The lowest BCUT2D eigenvalue weighted by Gasteiger charge is -2.33. The summed E-state index contributed by atoms with van der Waals surface area (Å²) < 4.78 is 0. The summed E-state index contributed by atoms with van der Waals surface area (Å²) >= 11 is 0. The van der Waals surface area contributed by atoms with E-state index in [1.807, 2.05) is 29.3 Å². The lowest BCUT2D eigenvalue weighted by atomic mass is 9.89. The van der Waals surface area contributed by atoms with E-state index >= 15 is 0 Å². The molecule has 1 amide bonds. The Bertz CT molecular complexity index is 659. The van der Waals surface area contributed by atoms with Crippen LogP contribution in [-0.4, -0.2) is 40.1 Å². The molecule has 0 radical (unpaired) electrons. The topological polar surface area (TPSA) is 75.0 Å². The Morgan fingerprint density at radius 1 is 1.33 bits per heavy atom. The minimum Gasteiger partial charge on any atom is -0.341 e. The van der Waals surface area contributed by atoms with Crippen molar-refractivity contribution < 1.29 is 4.79 Å². The first-order valence-electron chi connectivity index (χ1n) is 8.83. The third-order valence-corrected chi connectivity index (χ3v) is 4.89. The quantitative estimate of drug-likeness (QED) is 0.887. The van der Waals surface area contributed by atoms with Gasteiger partial charge in [-0.25, -0.2) is 0 Å². The number of piperidine rings is 1. The van der Waals surface area contributed by atoms with E-state index in [0.29, 0.717) is 5.92 Å². The van der Waals surface area contributed by atoms with E-state index < -0.39 is 0 Å². The van der Waals surface area contributed by atoms with Gasteiger partial charge in [0, 0.05) is 30.3 Å². The molecule has 5 heteroatoms. The van der Waals surface area contributed by atoms with Crippen LogP contribution >= 0.6 is 0 Å². The maximum absolute atomic E-state index is 12.4. The first-order valence-corrected chi connectivity index (χ1v) is 8.83. The number of H-pyrrole nitrogens is 1. The summed E-state index contributed by atoms with van der Waals surface area (Å²) in [6.07, 6.45) is 5.51. The molecule has 1 aromatic heterocycles. The van der Waals surface area contributed by atoms with Crippen LogP contribution in [0.5, 0.6) is 0 Å². The van der Waals surface area contributed by atoms with Crippen LogP contribution < -0.4 is 5.73 Å². The van der Waals surface area contributed by atoms with Gasteiger partial charge in [0.2, 0.25) is 5.91 Å². The first kappa shape index (κ1) is 16.7. The number of carbonyl (C=O) groups excluding carboxylic acids is 1. The number of nitrogens with two attached hydrogens (primary N) is 1. The number of aromatic amines is 1. The number of hydrogen-bond acceptors (Lipinski definition) is 3. The van der Waals surface area contributed by atoms with Gasteiger partial charge < -0.3 is 10.6 Å². The average Bonchev–Trinajstić information content (AvgIpc) is 3.12. The highest BCUT2D eigenvalue weighted by molar-refractivity contribution is 5.81. The van der Waals surface area contributed by atoms with Crippen LogP contribution in [0, 0.1) is 0 Å². The number of likely N-dealkylation sites (tertiary alicyclic amines) is 1. The van der Waals surface area contributed by atoms with E-state index in [4.69, 9.17) is 5.73 Å². The van der Waals surface area contributed by atoms with Gasteiger partial charge in [-0.2, -0.15) is 5.10 Å². The van der Waals surface area contributed by atoms with Gasteiger partial charge in [0.1, 0.15) is 0 Å². The SMILES string of the molecule is CCC[C@H](N)C(=O)N1CCC(c2[nH]ncc2-c2ccccc2)CC1. The molecule has 1 aliphatic rings. The van der Waals surface area contributed by atoms with E-state index in [1.54, 1.807) is 0 Å². The molecular weight excluding hydrogens is 300 g/mol. The molecule has 0 saturated carbocycles. The number of hydrogen-bond donors (Lipinski definition) is 2. The van der Waals surface area contributed by atoms with Crippen LogP contribution in [0.15, 0.2) is 36.5 Å². The molecule has 3 N–H and O–H groups in total. The van der Waals surface area contributed by atoms with Crippen LogP contribution in [0.1, 0.15) is 44.2 Å². The molecule has 2 aromatic rings. The Morgan fingerprint density at radius 3 is 2.71 bits per heavy atom. The van der Waals surface area contributed by atoms with Crippen LogP contribution in [0.3, 0.4) is 0 Å². The number of rotatable bonds is 5. The number of nitrogens with one attached hydrogen (secondary N) is 1. The van der Waals surface area contributed by atoms with Crippen molar-refractivity contribution in [2.45, 2.75) is 44.6 Å². The summed E-state index contributed by atoms with van der Waals surface area (Å²) in [5, 5.41) is 7.44. The molecule has 0 unspecified atom stereocenters. The highest BCUT2D eigenvalue weighted by atomic mass is 16.2. The summed E-state index contributed by atoms with van der Waals surface area (Å²) in [6.45, 7) is 3.60. The summed E-state index contributed by atoms with van der Waals surface area (Å²) in [7, 11) is 0. The summed E-state index contributed by atoms with van der Waals surface area (Å²) in [5.41, 5.74) is 9.52. The van der Waals surface area contributed by atoms with E-state index in [1.165, 1.54) is 16.8 Å². The van der Waals surface area contributed by atoms with Gasteiger partial charge in [-0.15, -0.1) is 0 Å². The zero-order valence-corrected chi connectivity index (χ0v) is 14.2. The lowest BCUT2D eigenvalue weighted by molar-refractivity contribution is -0.133. The van der Waals surface area contributed by atoms with Crippen molar-refractivity contribution in [3.63, 3.8) is 0 Å². The molecule has 3 rings (SSSR count). The summed E-state index contributed by atoms with van der Waals surface area (Å²) in [5.74, 6) is 0.511. The highest BCUT2D eigenvalue weighted by Gasteiger charge is 2.28. The maximum Gasteiger partial charge on any atom is 0.239 e. The fourth-order valence-electron chi connectivity index (χ4n) is 3.51. The molecule has 1 fully saturated rings. The van der Waals surface area contributed by atoms with E-state index in [-0.39, 0.29) is 11.9 Å². The molecule has 5 nitrogen and oxygen atoms in total. The molecular formula is C19H26N4O. The van der Waals surface area contributed by atoms with Crippen LogP contribution in [0.4, 0.5) is 0 Å². The number of benzene rings is 1. The summed E-state index contributed by atoms with van der Waals surface area (Å²) in [4.78, 5) is 14.3. The normalized spacial score (nSPS) is 17.0. The third-order valence-electron chi connectivity index (χ3n) is 4.89. The molecule has 1 saturated heterocycles. The number of aromatic nitrogens is 2. The fourth-order valence-corrected chi connectivity index (χ4v) is 3.51. The van der Waals surface area contributed by atoms with Gasteiger partial charge in [-0.3, -0.25) is 9.89 Å². The van der Waals surface area contributed by atoms with E-state index in [0.717, 1.165) is 38.8 Å². The smallest absolute Gasteiger partial charge is 0.239 e. The van der Waals surface area contributed by atoms with Crippen LogP contribution in [0.2, 0.25) is 0 Å². The Morgan fingerprint density at radius 2 is 2.04 bits per heavy atom. The largest absolute Gasteiger partial charge is 0.341 e. The predicted molar refractivity (Wildman–Crippen MR) is 95.5 cm³/mol. The second-order valence-electron chi connectivity index (χ2n) is 6.56. The highest BCUT2D eigenvalue weighted by Crippen LogP contribution is 2.33. The van der Waals surface area contributed by atoms with Gasteiger partial charge >= 0.3 is 0 Å². The Hall–Kier alpha value is -2.14. The van der Waals surface area contributed by atoms with Crippen molar-refractivity contribution in [2.24, 2.45) is 5.73 Å². The monoisotopic (exact) mass is 326 g/mol. The first-order chi connectivity index (χ1) is 11.7. The van der Waals surface area contributed by atoms with E-state index in [2.05, 4.69) is 29.3 Å². The molecule has 0 bridgehead atoms. The molecule has 1 aliphatic heterocycles. The molecule has 0 aliphatic carbocycles. The number of amides is 1. The zero-order valence-electron chi connectivity index (χ0n) is 14.2. The standard InChI is InChI=1S/C19H26N4O/c1-2-6-17(20)19(24)23-11-9-15(10-12-23)18-16(13-21-22-18)14-7-4-3-5-8-14/h3-5,7-8,13,15,17H,2,6,9-12,20H2,1H3,(H,21,22)/t17-/m0/s1. The van der Waals surface area contributed by atoms with Crippen molar-refractivity contribution in [1.29, 1.82) is 0 Å². The maximum atomic E-state index is 12.4. The Balaban J connectivity index is 1.66. The van der Waals surface area contributed by atoms with Crippen molar-refractivity contribution in [3.8, 4) is 11.1 Å². The molecule has 24 heavy (non-hydrogen) atoms. The molecule has 1 aromatic carbocycles.